The van der Waals surface area contributed by atoms with E-state index in [9.17, 15) is 19.5 Å². The van der Waals surface area contributed by atoms with Crippen LogP contribution in [0.3, 0.4) is 0 Å². The molecular weight excluding hydrogens is 362 g/mol. The van der Waals surface area contributed by atoms with Gasteiger partial charge in [0, 0.05) is 24.5 Å². The summed E-state index contributed by atoms with van der Waals surface area (Å²) >= 11 is 5.93. The molecule has 7 nitrogen and oxygen atoms in total. The Hall–Kier alpha value is -2.54. The molecule has 0 unspecified atom stereocenters. The van der Waals surface area contributed by atoms with Crippen molar-refractivity contribution in [2.24, 2.45) is 5.92 Å². The van der Waals surface area contributed by atoms with Gasteiger partial charge < -0.3 is 19.5 Å². The Bertz CT molecular complexity index is 943. The molecule has 138 valence electrons. The van der Waals surface area contributed by atoms with E-state index in [1.54, 1.807) is 11.8 Å². The molecule has 8 heteroatoms. The number of carboxylic acid groups (broad SMARTS) is 1. The van der Waals surface area contributed by atoms with Crippen LogP contribution in [0.25, 0.3) is 11.0 Å². The normalized spacial score (nSPS) is 15.4. The topological polar surface area (TPSA) is 108 Å². The Kier molecular flexibility index (Phi) is 4.91. The quantitative estimate of drug-likeness (QED) is 0.792. The molecular formula is C18H18ClNO6. The van der Waals surface area contributed by atoms with Gasteiger partial charge in [0.2, 0.25) is 5.91 Å². The molecule has 1 fully saturated rings. The first-order valence-electron chi connectivity index (χ1n) is 8.23. The van der Waals surface area contributed by atoms with E-state index in [0.717, 1.165) is 0 Å². The van der Waals surface area contributed by atoms with Crippen molar-refractivity contribution in [1.29, 1.82) is 0 Å². The fraction of sp³-hybridized carbons (Fsp3) is 0.389. The van der Waals surface area contributed by atoms with E-state index in [2.05, 4.69) is 0 Å². The Morgan fingerprint density at radius 2 is 1.96 bits per heavy atom. The second-order valence-corrected chi connectivity index (χ2v) is 6.87. The smallest absolute Gasteiger partial charge is 0.340 e. The van der Waals surface area contributed by atoms with Gasteiger partial charge in [-0.25, -0.2) is 4.79 Å². The number of hydrogen-bond acceptors (Lipinski definition) is 5. The van der Waals surface area contributed by atoms with Gasteiger partial charge in [-0.15, -0.1) is 0 Å². The number of halogens is 1. The highest BCUT2D eigenvalue weighted by atomic mass is 35.5. The van der Waals surface area contributed by atoms with Gasteiger partial charge in [0.15, 0.2) is 0 Å². The van der Waals surface area contributed by atoms with Crippen LogP contribution in [0.4, 0.5) is 0 Å². The lowest BCUT2D eigenvalue weighted by molar-refractivity contribution is -0.145. The van der Waals surface area contributed by atoms with Crippen molar-refractivity contribution in [2.45, 2.75) is 26.2 Å². The molecule has 2 N–H and O–H groups in total. The summed E-state index contributed by atoms with van der Waals surface area (Å²) in [6.45, 7) is 2.41. The summed E-state index contributed by atoms with van der Waals surface area (Å²) in [7, 11) is 0. The lowest BCUT2D eigenvalue weighted by Crippen LogP contribution is -2.41. The molecule has 0 spiro atoms. The van der Waals surface area contributed by atoms with E-state index in [4.69, 9.17) is 21.1 Å². The SMILES string of the molecule is Cc1c(CC(=O)N2CCC(C(=O)O)CC2)c(=O)oc2cc(O)c(Cl)cc12. The molecule has 1 amide bonds. The van der Waals surface area contributed by atoms with Gasteiger partial charge in [0.25, 0.3) is 0 Å². The summed E-state index contributed by atoms with van der Waals surface area (Å²) in [6.07, 6.45) is 0.683. The zero-order chi connectivity index (χ0) is 19.0. The van der Waals surface area contributed by atoms with Gasteiger partial charge in [0.1, 0.15) is 11.3 Å². The van der Waals surface area contributed by atoms with Crippen LogP contribution in [0.2, 0.25) is 5.02 Å². The molecule has 1 saturated heterocycles. The van der Waals surface area contributed by atoms with Crippen molar-refractivity contribution < 1.29 is 24.2 Å². The number of phenols is 1. The van der Waals surface area contributed by atoms with E-state index in [1.807, 2.05) is 0 Å². The number of aryl methyl sites for hydroxylation is 1. The third-order valence-corrected chi connectivity index (χ3v) is 5.18. The number of carboxylic acids is 1. The standard InChI is InChI=1S/C18H18ClNO6/c1-9-11-6-13(19)14(21)8-15(11)26-18(25)12(9)7-16(22)20-4-2-10(3-5-20)17(23)24/h6,8,10,21H,2-5,7H2,1H3,(H,23,24). The van der Waals surface area contributed by atoms with Crippen molar-refractivity contribution in [1.82, 2.24) is 4.90 Å². The van der Waals surface area contributed by atoms with Crippen molar-refractivity contribution in [3.8, 4) is 5.75 Å². The Labute approximate surface area is 153 Å². The first-order valence-corrected chi connectivity index (χ1v) is 8.61. The Morgan fingerprint density at radius 3 is 2.58 bits per heavy atom. The Morgan fingerprint density at radius 1 is 1.31 bits per heavy atom. The molecule has 0 atom stereocenters. The summed E-state index contributed by atoms with van der Waals surface area (Å²) in [5, 5.41) is 19.4. The summed E-state index contributed by atoms with van der Waals surface area (Å²) in [4.78, 5) is 37.4. The van der Waals surface area contributed by atoms with Crippen LogP contribution >= 0.6 is 11.6 Å². The zero-order valence-electron chi connectivity index (χ0n) is 14.1. The van der Waals surface area contributed by atoms with Gasteiger partial charge in [-0.2, -0.15) is 0 Å². The van der Waals surface area contributed by atoms with E-state index in [0.29, 0.717) is 36.9 Å². The van der Waals surface area contributed by atoms with Crippen LogP contribution in [0.15, 0.2) is 21.3 Å². The maximum Gasteiger partial charge on any atom is 0.340 e. The zero-order valence-corrected chi connectivity index (χ0v) is 14.9. The summed E-state index contributed by atoms with van der Waals surface area (Å²) in [5.74, 6) is -1.70. The fourth-order valence-electron chi connectivity index (χ4n) is 3.24. The first kappa shape index (κ1) is 18.3. The molecule has 1 aliphatic rings. The van der Waals surface area contributed by atoms with Gasteiger partial charge in [-0.3, -0.25) is 9.59 Å². The predicted octanol–water partition coefficient (Wildman–Crippen LogP) is 2.33. The van der Waals surface area contributed by atoms with Crippen LogP contribution < -0.4 is 5.63 Å². The van der Waals surface area contributed by atoms with E-state index in [-0.39, 0.29) is 34.2 Å². The lowest BCUT2D eigenvalue weighted by Gasteiger charge is -2.30. The van der Waals surface area contributed by atoms with Gasteiger partial charge in [-0.1, -0.05) is 11.6 Å². The van der Waals surface area contributed by atoms with Crippen molar-refractivity contribution >= 4 is 34.4 Å². The maximum atomic E-state index is 12.5. The molecule has 2 aromatic rings. The van der Waals surface area contributed by atoms with Crippen molar-refractivity contribution in [3.63, 3.8) is 0 Å². The second kappa shape index (κ2) is 6.99. The van der Waals surface area contributed by atoms with E-state index in [1.165, 1.54) is 12.1 Å². The molecule has 3 rings (SSSR count). The largest absolute Gasteiger partial charge is 0.506 e. The summed E-state index contributed by atoms with van der Waals surface area (Å²) in [6, 6.07) is 2.77. The van der Waals surface area contributed by atoms with Crippen molar-refractivity contribution in [2.75, 3.05) is 13.1 Å². The van der Waals surface area contributed by atoms with Crippen LogP contribution in [-0.4, -0.2) is 40.1 Å². The van der Waals surface area contributed by atoms with Crippen LogP contribution in [0.5, 0.6) is 5.75 Å². The third-order valence-electron chi connectivity index (χ3n) is 4.88. The molecule has 0 saturated carbocycles. The molecule has 2 heterocycles. The Balaban J connectivity index is 1.85. The minimum Gasteiger partial charge on any atom is -0.506 e. The van der Waals surface area contributed by atoms with Crippen molar-refractivity contribution in [3.05, 3.63) is 38.7 Å². The number of rotatable bonds is 3. The number of aromatic hydroxyl groups is 1. The second-order valence-electron chi connectivity index (χ2n) is 6.46. The van der Waals surface area contributed by atoms with E-state index < -0.39 is 17.5 Å². The number of benzene rings is 1. The highest BCUT2D eigenvalue weighted by Crippen LogP contribution is 2.31. The predicted molar refractivity (Wildman–Crippen MR) is 94.5 cm³/mol. The molecule has 0 radical (unpaired) electrons. The molecule has 1 aromatic heterocycles. The van der Waals surface area contributed by atoms with E-state index >= 15 is 0 Å². The molecule has 0 aliphatic carbocycles. The number of phenolic OH excluding ortho intramolecular Hbond substituents is 1. The maximum absolute atomic E-state index is 12.5. The van der Waals surface area contributed by atoms with Gasteiger partial charge >= 0.3 is 11.6 Å². The number of nitrogens with zero attached hydrogens (tertiary/aromatic N) is 1. The van der Waals surface area contributed by atoms with Gasteiger partial charge in [-0.05, 0) is 31.4 Å². The number of amides is 1. The molecule has 0 bridgehead atoms. The molecule has 1 aromatic carbocycles. The monoisotopic (exact) mass is 379 g/mol. The first-order chi connectivity index (χ1) is 12.3. The number of carbonyl (C=O) groups is 2. The highest BCUT2D eigenvalue weighted by Gasteiger charge is 2.28. The average molecular weight is 380 g/mol. The fourth-order valence-corrected chi connectivity index (χ4v) is 3.40. The number of aliphatic carboxylic acids is 1. The third kappa shape index (κ3) is 3.39. The summed E-state index contributed by atoms with van der Waals surface area (Å²) < 4.78 is 5.22. The highest BCUT2D eigenvalue weighted by molar-refractivity contribution is 6.32. The number of piperidine rings is 1. The van der Waals surface area contributed by atoms with Crippen LogP contribution in [-0.2, 0) is 16.0 Å². The number of hydrogen-bond donors (Lipinski definition) is 2. The van der Waals surface area contributed by atoms with Crippen LogP contribution in [0, 0.1) is 12.8 Å². The minimum absolute atomic E-state index is 0.125. The average Bonchev–Trinajstić information content (AvgIpc) is 2.60. The summed E-state index contributed by atoms with van der Waals surface area (Å²) in [5.41, 5.74) is 0.384. The van der Waals surface area contributed by atoms with Gasteiger partial charge in [0.05, 0.1) is 22.9 Å². The molecule has 26 heavy (non-hydrogen) atoms. The lowest BCUT2D eigenvalue weighted by atomic mass is 9.96. The number of carbonyl (C=O) groups excluding carboxylic acids is 1. The van der Waals surface area contributed by atoms with Crippen LogP contribution in [0.1, 0.15) is 24.0 Å². The number of fused-ring (bicyclic) bond motifs is 1. The molecule has 1 aliphatic heterocycles. The minimum atomic E-state index is -0.844. The number of likely N-dealkylation sites (tertiary alicyclic amines) is 1.